The van der Waals surface area contributed by atoms with Crippen molar-refractivity contribution in [3.05, 3.63) is 49.8 Å². The monoisotopic (exact) mass is 292 g/mol. The number of rotatable bonds is 4. The van der Waals surface area contributed by atoms with Crippen molar-refractivity contribution in [2.24, 2.45) is 0 Å². The Hall–Kier alpha value is -1.95. The lowest BCUT2D eigenvalue weighted by atomic mass is 10.2. The second kappa shape index (κ2) is 5.58. The van der Waals surface area contributed by atoms with E-state index in [-0.39, 0.29) is 5.56 Å². The van der Waals surface area contributed by atoms with Crippen LogP contribution in [-0.4, -0.2) is 20.6 Å². The van der Waals surface area contributed by atoms with Gasteiger partial charge in [0.1, 0.15) is 5.56 Å². The van der Waals surface area contributed by atoms with Crippen LogP contribution >= 0.6 is 11.3 Å². The topological polar surface area (TPSA) is 72.2 Å². The van der Waals surface area contributed by atoms with Crippen molar-refractivity contribution in [2.45, 2.75) is 33.2 Å². The van der Waals surface area contributed by atoms with Crippen LogP contribution in [0.4, 0.5) is 0 Å². The second-order valence-corrected chi connectivity index (χ2v) is 5.81. The molecule has 20 heavy (non-hydrogen) atoms. The maximum Gasteiger partial charge on any atom is 0.341 e. The molecule has 1 N–H and O–H groups in total. The summed E-state index contributed by atoms with van der Waals surface area (Å²) in [4.78, 5) is 27.6. The molecule has 0 aromatic carbocycles. The molecule has 5 nitrogen and oxygen atoms in total. The van der Waals surface area contributed by atoms with Crippen LogP contribution in [0, 0.1) is 6.92 Å². The highest BCUT2D eigenvalue weighted by molar-refractivity contribution is 7.09. The fraction of sp³-hybridized carbons (Fsp3) is 0.357. The van der Waals surface area contributed by atoms with E-state index in [1.54, 1.807) is 24.3 Å². The third kappa shape index (κ3) is 2.80. The second-order valence-electron chi connectivity index (χ2n) is 4.92. The summed E-state index contributed by atoms with van der Waals surface area (Å²) < 4.78 is 1.45. The summed E-state index contributed by atoms with van der Waals surface area (Å²) in [6, 6.07) is 2.98. The molecular weight excluding hydrogens is 276 g/mol. The number of hydrogen-bond donors (Lipinski definition) is 1. The van der Waals surface area contributed by atoms with E-state index in [2.05, 4.69) is 18.8 Å². The number of pyridine rings is 1. The standard InChI is InChI=1S/C14H16N2O3S/c1-8(2)12-15-10(7-20-12)6-16-9(3)4-5-11(13(16)17)14(18)19/h4-5,7-8H,6H2,1-3H3,(H,18,19). The zero-order valence-corrected chi connectivity index (χ0v) is 12.4. The first kappa shape index (κ1) is 14.5. The first-order chi connectivity index (χ1) is 9.40. The maximum atomic E-state index is 12.1. The molecular formula is C14H16N2O3S. The molecule has 0 aliphatic heterocycles. The van der Waals surface area contributed by atoms with Gasteiger partial charge in [-0.3, -0.25) is 4.79 Å². The summed E-state index contributed by atoms with van der Waals surface area (Å²) in [6.07, 6.45) is 0. The number of aryl methyl sites for hydroxylation is 1. The highest BCUT2D eigenvalue weighted by Gasteiger charge is 2.14. The largest absolute Gasteiger partial charge is 0.477 e. The lowest BCUT2D eigenvalue weighted by molar-refractivity contribution is 0.0694. The summed E-state index contributed by atoms with van der Waals surface area (Å²) >= 11 is 1.56. The van der Waals surface area contributed by atoms with Gasteiger partial charge in [-0.15, -0.1) is 11.3 Å². The van der Waals surface area contributed by atoms with Crippen LogP contribution in [0.3, 0.4) is 0 Å². The smallest absolute Gasteiger partial charge is 0.341 e. The lowest BCUT2D eigenvalue weighted by Crippen LogP contribution is -2.28. The number of hydrogen-bond acceptors (Lipinski definition) is 4. The molecule has 2 heterocycles. The third-order valence-electron chi connectivity index (χ3n) is 3.01. The van der Waals surface area contributed by atoms with Gasteiger partial charge in [0.25, 0.3) is 5.56 Å². The van der Waals surface area contributed by atoms with Gasteiger partial charge in [0.15, 0.2) is 0 Å². The minimum atomic E-state index is -1.20. The van der Waals surface area contributed by atoms with E-state index in [9.17, 15) is 9.59 Å². The SMILES string of the molecule is Cc1ccc(C(=O)O)c(=O)n1Cc1csc(C(C)C)n1. The maximum absolute atomic E-state index is 12.1. The molecule has 106 valence electrons. The average Bonchev–Trinajstić information content (AvgIpc) is 2.82. The Morgan fingerprint density at radius 3 is 2.70 bits per heavy atom. The van der Waals surface area contributed by atoms with Gasteiger partial charge in [0, 0.05) is 17.0 Å². The summed E-state index contributed by atoms with van der Waals surface area (Å²) in [5.41, 5.74) is 0.803. The minimum absolute atomic E-state index is 0.213. The van der Waals surface area contributed by atoms with Crippen LogP contribution in [0.5, 0.6) is 0 Å². The molecule has 0 unspecified atom stereocenters. The van der Waals surface area contributed by atoms with Gasteiger partial charge >= 0.3 is 5.97 Å². The molecule has 0 aliphatic carbocycles. The van der Waals surface area contributed by atoms with Crippen molar-refractivity contribution in [2.75, 3.05) is 0 Å². The van der Waals surface area contributed by atoms with Crippen molar-refractivity contribution in [3.63, 3.8) is 0 Å². The Morgan fingerprint density at radius 2 is 2.15 bits per heavy atom. The fourth-order valence-electron chi connectivity index (χ4n) is 1.85. The van der Waals surface area contributed by atoms with Gasteiger partial charge < -0.3 is 9.67 Å². The van der Waals surface area contributed by atoms with E-state index in [1.807, 2.05) is 5.38 Å². The molecule has 0 fully saturated rings. The Balaban J connectivity index is 2.40. The molecule has 0 amide bonds. The summed E-state index contributed by atoms with van der Waals surface area (Å²) in [6.45, 7) is 6.20. The summed E-state index contributed by atoms with van der Waals surface area (Å²) in [7, 11) is 0. The molecule has 2 aromatic heterocycles. The zero-order chi connectivity index (χ0) is 14.9. The molecule has 2 aromatic rings. The van der Waals surface area contributed by atoms with E-state index >= 15 is 0 Å². The van der Waals surface area contributed by atoms with Crippen LogP contribution in [-0.2, 0) is 6.54 Å². The number of aromatic nitrogens is 2. The van der Waals surface area contributed by atoms with Gasteiger partial charge in [-0.1, -0.05) is 13.8 Å². The van der Waals surface area contributed by atoms with E-state index < -0.39 is 11.5 Å². The van der Waals surface area contributed by atoms with Crippen LogP contribution < -0.4 is 5.56 Å². The number of aromatic carboxylic acids is 1. The number of carboxylic acid groups (broad SMARTS) is 1. The molecule has 2 rings (SSSR count). The first-order valence-electron chi connectivity index (χ1n) is 6.28. The fourth-order valence-corrected chi connectivity index (χ4v) is 2.68. The molecule has 6 heteroatoms. The molecule has 0 radical (unpaired) electrons. The quantitative estimate of drug-likeness (QED) is 0.939. The van der Waals surface area contributed by atoms with Crippen LogP contribution in [0.25, 0.3) is 0 Å². The van der Waals surface area contributed by atoms with E-state index in [4.69, 9.17) is 5.11 Å². The zero-order valence-electron chi connectivity index (χ0n) is 11.6. The Labute approximate surface area is 120 Å². The Morgan fingerprint density at radius 1 is 1.45 bits per heavy atom. The van der Waals surface area contributed by atoms with Gasteiger partial charge in [0.05, 0.1) is 17.2 Å². The molecule has 0 saturated carbocycles. The van der Waals surface area contributed by atoms with Crippen LogP contribution in [0.2, 0.25) is 0 Å². The normalized spacial score (nSPS) is 11.0. The average molecular weight is 292 g/mol. The van der Waals surface area contributed by atoms with Gasteiger partial charge in [-0.05, 0) is 19.1 Å². The van der Waals surface area contributed by atoms with Gasteiger partial charge in [0.2, 0.25) is 0 Å². The molecule has 0 spiro atoms. The molecule has 0 aliphatic rings. The van der Waals surface area contributed by atoms with Crippen molar-refractivity contribution in [1.82, 2.24) is 9.55 Å². The van der Waals surface area contributed by atoms with Crippen molar-refractivity contribution in [3.8, 4) is 0 Å². The van der Waals surface area contributed by atoms with Crippen LogP contribution in [0.15, 0.2) is 22.3 Å². The highest BCUT2D eigenvalue weighted by atomic mass is 32.1. The van der Waals surface area contributed by atoms with E-state index in [0.717, 1.165) is 16.4 Å². The number of nitrogens with zero attached hydrogens (tertiary/aromatic N) is 2. The number of thiazole rings is 1. The highest BCUT2D eigenvalue weighted by Crippen LogP contribution is 2.19. The molecule has 0 saturated heterocycles. The predicted molar refractivity (Wildman–Crippen MR) is 77.7 cm³/mol. The summed E-state index contributed by atoms with van der Waals surface area (Å²) in [5, 5.41) is 11.9. The van der Waals surface area contributed by atoms with E-state index in [1.165, 1.54) is 10.6 Å². The molecule has 0 atom stereocenters. The van der Waals surface area contributed by atoms with Crippen molar-refractivity contribution in [1.29, 1.82) is 0 Å². The Bertz CT molecular complexity index is 701. The van der Waals surface area contributed by atoms with Gasteiger partial charge in [-0.25, -0.2) is 9.78 Å². The summed E-state index contributed by atoms with van der Waals surface area (Å²) in [5.74, 6) is -0.859. The van der Waals surface area contributed by atoms with Crippen molar-refractivity contribution < 1.29 is 9.90 Å². The predicted octanol–water partition coefficient (Wildman–Crippen LogP) is 2.48. The minimum Gasteiger partial charge on any atom is -0.477 e. The number of carboxylic acids is 1. The third-order valence-corrected chi connectivity index (χ3v) is 4.20. The van der Waals surface area contributed by atoms with Gasteiger partial charge in [-0.2, -0.15) is 0 Å². The first-order valence-corrected chi connectivity index (χ1v) is 7.16. The van der Waals surface area contributed by atoms with Crippen molar-refractivity contribution >= 4 is 17.3 Å². The molecule has 0 bridgehead atoms. The lowest BCUT2D eigenvalue weighted by Gasteiger charge is -2.09. The van der Waals surface area contributed by atoms with E-state index in [0.29, 0.717) is 12.5 Å². The Kier molecular flexibility index (Phi) is 4.04. The number of carbonyl (C=O) groups is 1. The van der Waals surface area contributed by atoms with Crippen LogP contribution in [0.1, 0.15) is 46.5 Å².